The van der Waals surface area contributed by atoms with Gasteiger partial charge in [-0.05, 0) is 18.9 Å². The second-order valence-electron chi connectivity index (χ2n) is 6.59. The van der Waals surface area contributed by atoms with Crippen molar-refractivity contribution in [3.05, 3.63) is 23.0 Å². The summed E-state index contributed by atoms with van der Waals surface area (Å²) in [4.78, 5) is 12.3. The normalized spacial score (nSPS) is 15.1. The molecule has 1 aliphatic rings. The van der Waals surface area contributed by atoms with Gasteiger partial charge in [0.2, 0.25) is 16.9 Å². The first-order valence-electron chi connectivity index (χ1n) is 9.11. The van der Waals surface area contributed by atoms with E-state index in [4.69, 9.17) is 4.74 Å². The number of hydrogen-bond donors (Lipinski definition) is 1. The molecule has 0 aromatic carbocycles. The smallest absolute Gasteiger partial charge is 0.231 e. The van der Waals surface area contributed by atoms with Gasteiger partial charge in [-0.1, -0.05) is 30.6 Å². The summed E-state index contributed by atoms with van der Waals surface area (Å²) in [6.07, 6.45) is 6.81. The van der Waals surface area contributed by atoms with E-state index in [0.717, 1.165) is 5.01 Å². The molecule has 27 heavy (non-hydrogen) atoms. The van der Waals surface area contributed by atoms with E-state index in [2.05, 4.69) is 30.8 Å². The van der Waals surface area contributed by atoms with Gasteiger partial charge in [-0.3, -0.25) is 4.79 Å². The Morgan fingerprint density at radius 2 is 2.07 bits per heavy atom. The van der Waals surface area contributed by atoms with Crippen LogP contribution in [0.25, 0.3) is 5.65 Å². The Labute approximate surface area is 160 Å². The SMILES string of the molecule is COc1ccc2nnc(CCC(=O)Nc3nnc(C4CCCCC4)s3)n2n1. The number of amides is 1. The fourth-order valence-corrected chi connectivity index (χ4v) is 4.22. The first-order chi connectivity index (χ1) is 13.2. The first-order valence-corrected chi connectivity index (χ1v) is 9.93. The van der Waals surface area contributed by atoms with Gasteiger partial charge >= 0.3 is 0 Å². The van der Waals surface area contributed by atoms with Crippen molar-refractivity contribution in [1.29, 1.82) is 0 Å². The summed E-state index contributed by atoms with van der Waals surface area (Å²) in [5.41, 5.74) is 0.618. The standard InChI is InChI=1S/C17H21N7O2S/c1-26-15-10-8-13-20-19-12(24(13)23-15)7-9-14(25)18-17-22-21-16(27-17)11-5-3-2-4-6-11/h8,10-11H,2-7,9H2,1H3,(H,18,22,25). The van der Waals surface area contributed by atoms with E-state index >= 15 is 0 Å². The topological polar surface area (TPSA) is 107 Å². The van der Waals surface area contributed by atoms with Gasteiger partial charge in [0, 0.05) is 24.8 Å². The number of rotatable bonds is 6. The molecule has 1 amide bonds. The summed E-state index contributed by atoms with van der Waals surface area (Å²) in [6, 6.07) is 3.50. The van der Waals surface area contributed by atoms with Crippen molar-refractivity contribution in [2.75, 3.05) is 12.4 Å². The highest BCUT2D eigenvalue weighted by Crippen LogP contribution is 2.35. The van der Waals surface area contributed by atoms with Crippen LogP contribution in [0.4, 0.5) is 5.13 Å². The second kappa shape index (κ2) is 7.95. The molecule has 142 valence electrons. The van der Waals surface area contributed by atoms with E-state index in [1.54, 1.807) is 23.8 Å². The van der Waals surface area contributed by atoms with Crippen molar-refractivity contribution in [2.45, 2.75) is 50.9 Å². The number of nitrogens with one attached hydrogen (secondary N) is 1. The summed E-state index contributed by atoms with van der Waals surface area (Å²) in [5, 5.41) is 25.3. The zero-order valence-corrected chi connectivity index (χ0v) is 15.9. The fraction of sp³-hybridized carbons (Fsp3) is 0.529. The lowest BCUT2D eigenvalue weighted by atomic mass is 9.90. The largest absolute Gasteiger partial charge is 0.480 e. The summed E-state index contributed by atoms with van der Waals surface area (Å²) in [7, 11) is 1.55. The Hall–Kier alpha value is -2.62. The Kier molecular flexibility index (Phi) is 5.23. The maximum absolute atomic E-state index is 12.3. The molecule has 3 heterocycles. The number of hydrogen-bond acceptors (Lipinski definition) is 8. The number of anilines is 1. The number of carbonyl (C=O) groups is 1. The second-order valence-corrected chi connectivity index (χ2v) is 7.60. The predicted molar refractivity (Wildman–Crippen MR) is 100 cm³/mol. The zero-order valence-electron chi connectivity index (χ0n) is 15.1. The lowest BCUT2D eigenvalue weighted by molar-refractivity contribution is -0.116. The molecule has 0 atom stereocenters. The number of fused-ring (bicyclic) bond motifs is 1. The molecule has 0 unspecified atom stereocenters. The van der Waals surface area contributed by atoms with Crippen LogP contribution >= 0.6 is 11.3 Å². The molecule has 3 aromatic rings. The van der Waals surface area contributed by atoms with Gasteiger partial charge in [0.1, 0.15) is 5.01 Å². The maximum Gasteiger partial charge on any atom is 0.231 e. The number of carbonyl (C=O) groups excluding carboxylic acids is 1. The van der Waals surface area contributed by atoms with Gasteiger partial charge in [0.05, 0.1) is 7.11 Å². The summed E-state index contributed by atoms with van der Waals surface area (Å²) in [5.74, 6) is 1.45. The van der Waals surface area contributed by atoms with Crippen LogP contribution in [0.15, 0.2) is 12.1 Å². The van der Waals surface area contributed by atoms with Crippen molar-refractivity contribution in [3.8, 4) is 5.88 Å². The van der Waals surface area contributed by atoms with Crippen LogP contribution < -0.4 is 10.1 Å². The Balaban J connectivity index is 1.35. The molecule has 0 radical (unpaired) electrons. The third-order valence-corrected chi connectivity index (χ3v) is 5.73. The molecule has 0 spiro atoms. The lowest BCUT2D eigenvalue weighted by Gasteiger charge is -2.18. The molecule has 1 fully saturated rings. The molecule has 0 aliphatic heterocycles. The minimum absolute atomic E-state index is 0.124. The van der Waals surface area contributed by atoms with Gasteiger partial charge in [0.25, 0.3) is 0 Å². The van der Waals surface area contributed by atoms with Crippen LogP contribution in [-0.4, -0.2) is 43.0 Å². The van der Waals surface area contributed by atoms with Crippen molar-refractivity contribution in [3.63, 3.8) is 0 Å². The molecule has 3 aromatic heterocycles. The minimum Gasteiger partial charge on any atom is -0.480 e. The minimum atomic E-state index is -0.124. The van der Waals surface area contributed by atoms with Crippen LogP contribution in [0.5, 0.6) is 5.88 Å². The molecule has 10 heteroatoms. The molecule has 4 rings (SSSR count). The number of aromatic nitrogens is 6. The molecule has 0 saturated heterocycles. The molecular formula is C17H21N7O2S. The molecular weight excluding hydrogens is 366 g/mol. The van der Waals surface area contributed by atoms with E-state index in [9.17, 15) is 4.79 Å². The van der Waals surface area contributed by atoms with Gasteiger partial charge < -0.3 is 10.1 Å². The molecule has 1 N–H and O–H groups in total. The van der Waals surface area contributed by atoms with Gasteiger partial charge in [-0.2, -0.15) is 4.52 Å². The van der Waals surface area contributed by atoms with E-state index in [1.165, 1.54) is 43.4 Å². The first kappa shape index (κ1) is 17.8. The monoisotopic (exact) mass is 387 g/mol. The van der Waals surface area contributed by atoms with Gasteiger partial charge in [0.15, 0.2) is 11.5 Å². The number of aryl methyl sites for hydroxylation is 1. The van der Waals surface area contributed by atoms with E-state index in [0.29, 0.717) is 34.8 Å². The Bertz CT molecular complexity index is 932. The Morgan fingerprint density at radius 3 is 2.89 bits per heavy atom. The van der Waals surface area contributed by atoms with E-state index in [1.807, 2.05) is 0 Å². The highest BCUT2D eigenvalue weighted by atomic mass is 32.1. The number of nitrogens with zero attached hydrogens (tertiary/aromatic N) is 6. The van der Waals surface area contributed by atoms with Crippen molar-refractivity contribution in [1.82, 2.24) is 30.0 Å². The Morgan fingerprint density at radius 1 is 1.22 bits per heavy atom. The van der Waals surface area contributed by atoms with E-state index < -0.39 is 0 Å². The number of ether oxygens (including phenoxy) is 1. The third kappa shape index (κ3) is 4.05. The summed E-state index contributed by atoms with van der Waals surface area (Å²) >= 11 is 1.48. The zero-order chi connectivity index (χ0) is 18.6. The van der Waals surface area contributed by atoms with Crippen LogP contribution in [0.3, 0.4) is 0 Å². The fourth-order valence-electron chi connectivity index (χ4n) is 3.29. The van der Waals surface area contributed by atoms with Gasteiger partial charge in [-0.25, -0.2) is 0 Å². The van der Waals surface area contributed by atoms with E-state index in [-0.39, 0.29) is 12.3 Å². The van der Waals surface area contributed by atoms with Crippen LogP contribution in [0, 0.1) is 0 Å². The van der Waals surface area contributed by atoms with Crippen LogP contribution in [0.2, 0.25) is 0 Å². The molecule has 1 saturated carbocycles. The lowest BCUT2D eigenvalue weighted by Crippen LogP contribution is -2.13. The van der Waals surface area contributed by atoms with Crippen molar-refractivity contribution in [2.24, 2.45) is 0 Å². The summed E-state index contributed by atoms with van der Waals surface area (Å²) < 4.78 is 6.72. The predicted octanol–water partition coefficient (Wildman–Crippen LogP) is 2.60. The van der Waals surface area contributed by atoms with Gasteiger partial charge in [-0.15, -0.1) is 25.5 Å². The van der Waals surface area contributed by atoms with Crippen LogP contribution in [-0.2, 0) is 11.2 Å². The average molecular weight is 387 g/mol. The molecule has 1 aliphatic carbocycles. The quantitative estimate of drug-likeness (QED) is 0.693. The third-order valence-electron chi connectivity index (χ3n) is 4.73. The van der Waals surface area contributed by atoms with Crippen LogP contribution in [0.1, 0.15) is 55.3 Å². The maximum atomic E-state index is 12.3. The van der Waals surface area contributed by atoms with Crippen molar-refractivity contribution < 1.29 is 9.53 Å². The highest BCUT2D eigenvalue weighted by molar-refractivity contribution is 7.15. The number of methoxy groups -OCH3 is 1. The molecule has 9 nitrogen and oxygen atoms in total. The average Bonchev–Trinajstić information content (AvgIpc) is 3.33. The van der Waals surface area contributed by atoms with Crippen molar-refractivity contribution >= 4 is 28.0 Å². The summed E-state index contributed by atoms with van der Waals surface area (Å²) in [6.45, 7) is 0. The highest BCUT2D eigenvalue weighted by Gasteiger charge is 2.20. The molecule has 0 bridgehead atoms.